The van der Waals surface area contributed by atoms with E-state index in [1.165, 1.54) is 0 Å². The summed E-state index contributed by atoms with van der Waals surface area (Å²) in [5.74, 6) is -0.255. The Morgan fingerprint density at radius 3 is 2.31 bits per heavy atom. The zero-order valence-electron chi connectivity index (χ0n) is 19.3. The molecule has 1 amide bonds. The smallest absolute Gasteiger partial charge is 0.255 e. The molecule has 8 heteroatoms. The van der Waals surface area contributed by atoms with Crippen LogP contribution in [0.5, 0.6) is 0 Å². The summed E-state index contributed by atoms with van der Waals surface area (Å²) >= 11 is 0. The van der Waals surface area contributed by atoms with Crippen LogP contribution in [0.1, 0.15) is 34.3 Å². The van der Waals surface area contributed by atoms with Crippen molar-refractivity contribution >= 4 is 15.9 Å². The summed E-state index contributed by atoms with van der Waals surface area (Å²) < 4.78 is 29.1. The van der Waals surface area contributed by atoms with Gasteiger partial charge in [0, 0.05) is 24.3 Å². The van der Waals surface area contributed by atoms with Gasteiger partial charge in [-0.2, -0.15) is 5.10 Å². The Morgan fingerprint density at radius 1 is 0.971 bits per heavy atom. The standard InChI is InChI=1S/C27H26N4O3S/c1-19-7-13-23(14-8-19)31-18-25(26(29-31)21-5-3-2-4-6-21)27(32)28-17-20-9-15-24(16-10-20)35(33,34)30-22-11-12-22/h2-10,13-16,18,22,30H,11-12,17H2,1H3,(H,28,32). The average Bonchev–Trinajstić information content (AvgIpc) is 3.56. The van der Waals surface area contributed by atoms with Gasteiger partial charge in [-0.05, 0) is 49.6 Å². The van der Waals surface area contributed by atoms with E-state index in [9.17, 15) is 13.2 Å². The summed E-state index contributed by atoms with van der Waals surface area (Å²) in [4.78, 5) is 13.4. The van der Waals surface area contributed by atoms with E-state index in [1.807, 2.05) is 61.5 Å². The third-order valence-corrected chi connectivity index (χ3v) is 7.43. The van der Waals surface area contributed by atoms with Crippen molar-refractivity contribution in [2.75, 3.05) is 0 Å². The van der Waals surface area contributed by atoms with Gasteiger partial charge in [0.05, 0.1) is 16.1 Å². The molecule has 7 nitrogen and oxygen atoms in total. The Kier molecular flexibility index (Phi) is 6.23. The van der Waals surface area contributed by atoms with Crippen molar-refractivity contribution in [2.45, 2.75) is 37.2 Å². The van der Waals surface area contributed by atoms with Crippen LogP contribution >= 0.6 is 0 Å². The highest BCUT2D eigenvalue weighted by Gasteiger charge is 2.27. The van der Waals surface area contributed by atoms with Gasteiger partial charge in [0.2, 0.25) is 10.0 Å². The second-order valence-corrected chi connectivity index (χ2v) is 10.5. The number of amides is 1. The Labute approximate surface area is 204 Å². The van der Waals surface area contributed by atoms with Gasteiger partial charge in [0.15, 0.2) is 0 Å². The van der Waals surface area contributed by atoms with Gasteiger partial charge in [-0.1, -0.05) is 60.2 Å². The van der Waals surface area contributed by atoms with Crippen LogP contribution < -0.4 is 10.0 Å². The number of sulfonamides is 1. The van der Waals surface area contributed by atoms with Crippen LogP contribution in [0.3, 0.4) is 0 Å². The van der Waals surface area contributed by atoms with E-state index in [0.29, 0.717) is 11.3 Å². The van der Waals surface area contributed by atoms with E-state index in [1.54, 1.807) is 35.1 Å². The molecule has 0 aliphatic heterocycles. The van der Waals surface area contributed by atoms with Gasteiger partial charge in [0.1, 0.15) is 5.69 Å². The Balaban J connectivity index is 1.35. The molecule has 178 valence electrons. The topological polar surface area (TPSA) is 93.1 Å². The van der Waals surface area contributed by atoms with Crippen LogP contribution in [-0.4, -0.2) is 30.1 Å². The Bertz CT molecular complexity index is 1440. The third-order valence-electron chi connectivity index (χ3n) is 5.89. The highest BCUT2D eigenvalue weighted by Crippen LogP contribution is 2.24. The fourth-order valence-electron chi connectivity index (χ4n) is 3.73. The molecule has 5 rings (SSSR count). The number of benzene rings is 3. The van der Waals surface area contributed by atoms with Crippen LogP contribution in [0.4, 0.5) is 0 Å². The lowest BCUT2D eigenvalue weighted by atomic mass is 10.1. The highest BCUT2D eigenvalue weighted by atomic mass is 32.2. The SMILES string of the molecule is Cc1ccc(-n2cc(C(=O)NCc3ccc(S(=O)(=O)NC4CC4)cc3)c(-c3ccccc3)n2)cc1. The highest BCUT2D eigenvalue weighted by molar-refractivity contribution is 7.89. The maximum absolute atomic E-state index is 13.2. The fraction of sp³-hybridized carbons (Fsp3) is 0.185. The lowest BCUT2D eigenvalue weighted by Gasteiger charge is -2.08. The van der Waals surface area contributed by atoms with Crippen LogP contribution in [0.25, 0.3) is 16.9 Å². The number of nitrogens with zero attached hydrogens (tertiary/aromatic N) is 2. The number of nitrogens with one attached hydrogen (secondary N) is 2. The van der Waals surface area contributed by atoms with Crippen LogP contribution in [0.2, 0.25) is 0 Å². The molecular weight excluding hydrogens is 460 g/mol. The lowest BCUT2D eigenvalue weighted by Crippen LogP contribution is -2.26. The van der Waals surface area contributed by atoms with Crippen molar-refractivity contribution in [3.05, 3.63) is 102 Å². The minimum atomic E-state index is -3.50. The normalized spacial score (nSPS) is 13.5. The first-order chi connectivity index (χ1) is 16.9. The molecule has 4 aromatic rings. The molecule has 0 unspecified atom stereocenters. The maximum atomic E-state index is 13.2. The van der Waals surface area contributed by atoms with E-state index >= 15 is 0 Å². The molecule has 1 aliphatic rings. The lowest BCUT2D eigenvalue weighted by molar-refractivity contribution is 0.0951. The Morgan fingerprint density at radius 2 is 1.66 bits per heavy atom. The maximum Gasteiger partial charge on any atom is 0.255 e. The molecule has 2 N–H and O–H groups in total. The molecule has 0 atom stereocenters. The van der Waals surface area contributed by atoms with Gasteiger partial charge in [-0.3, -0.25) is 4.79 Å². The van der Waals surface area contributed by atoms with Crippen molar-refractivity contribution in [1.82, 2.24) is 19.8 Å². The van der Waals surface area contributed by atoms with Gasteiger partial charge in [-0.25, -0.2) is 17.8 Å². The third kappa shape index (κ3) is 5.34. The van der Waals surface area contributed by atoms with Crippen molar-refractivity contribution < 1.29 is 13.2 Å². The summed E-state index contributed by atoms with van der Waals surface area (Å²) in [6.07, 6.45) is 3.51. The minimum absolute atomic E-state index is 0.0543. The molecule has 0 bridgehead atoms. The zero-order valence-corrected chi connectivity index (χ0v) is 20.1. The van der Waals surface area contributed by atoms with Gasteiger partial charge < -0.3 is 5.32 Å². The first-order valence-electron chi connectivity index (χ1n) is 11.5. The van der Waals surface area contributed by atoms with E-state index < -0.39 is 10.0 Å². The minimum Gasteiger partial charge on any atom is -0.348 e. The molecule has 1 heterocycles. The predicted octanol–water partition coefficient (Wildman–Crippen LogP) is 4.22. The molecule has 0 radical (unpaired) electrons. The number of rotatable bonds is 8. The molecule has 1 saturated carbocycles. The van der Waals surface area contributed by atoms with E-state index in [0.717, 1.165) is 35.2 Å². The first kappa shape index (κ1) is 23.0. The second kappa shape index (κ2) is 9.48. The Hall–Kier alpha value is -3.75. The summed E-state index contributed by atoms with van der Waals surface area (Å²) in [6.45, 7) is 2.28. The van der Waals surface area contributed by atoms with Gasteiger partial charge >= 0.3 is 0 Å². The molecule has 0 saturated heterocycles. The fourth-order valence-corrected chi connectivity index (χ4v) is 5.04. The van der Waals surface area contributed by atoms with Crippen LogP contribution in [0.15, 0.2) is 90.0 Å². The predicted molar refractivity (Wildman–Crippen MR) is 135 cm³/mol. The van der Waals surface area contributed by atoms with Crippen molar-refractivity contribution in [3.8, 4) is 16.9 Å². The summed E-state index contributed by atoms with van der Waals surface area (Å²) in [6, 6.07) is 24.2. The van der Waals surface area contributed by atoms with Gasteiger partial charge in [-0.15, -0.1) is 0 Å². The zero-order chi connectivity index (χ0) is 24.4. The number of carbonyl (C=O) groups is 1. The summed E-state index contributed by atoms with van der Waals surface area (Å²) in [7, 11) is -3.50. The monoisotopic (exact) mass is 486 g/mol. The van der Waals surface area contributed by atoms with Crippen molar-refractivity contribution in [1.29, 1.82) is 0 Å². The summed E-state index contributed by atoms with van der Waals surface area (Å²) in [5.41, 5.74) is 4.71. The van der Waals surface area contributed by atoms with Crippen LogP contribution in [-0.2, 0) is 16.6 Å². The molecule has 35 heavy (non-hydrogen) atoms. The number of hydrogen-bond donors (Lipinski definition) is 2. The number of aryl methyl sites for hydroxylation is 1. The molecule has 1 aromatic heterocycles. The number of hydrogen-bond acceptors (Lipinski definition) is 4. The molecular formula is C27H26N4O3S. The second-order valence-electron chi connectivity index (χ2n) is 8.76. The van der Waals surface area contributed by atoms with E-state index in [-0.39, 0.29) is 23.4 Å². The first-order valence-corrected chi connectivity index (χ1v) is 13.0. The summed E-state index contributed by atoms with van der Waals surface area (Å²) in [5, 5.41) is 7.65. The van der Waals surface area contributed by atoms with Crippen molar-refractivity contribution in [2.24, 2.45) is 0 Å². The van der Waals surface area contributed by atoms with E-state index in [2.05, 4.69) is 10.0 Å². The number of carbonyl (C=O) groups excluding carboxylic acids is 1. The molecule has 1 aliphatic carbocycles. The van der Waals surface area contributed by atoms with Crippen LogP contribution in [0, 0.1) is 6.92 Å². The quantitative estimate of drug-likeness (QED) is 0.390. The number of aromatic nitrogens is 2. The largest absolute Gasteiger partial charge is 0.348 e. The van der Waals surface area contributed by atoms with Crippen molar-refractivity contribution in [3.63, 3.8) is 0 Å². The van der Waals surface area contributed by atoms with E-state index in [4.69, 9.17) is 5.10 Å². The molecule has 0 spiro atoms. The molecule has 1 fully saturated rings. The molecule has 3 aromatic carbocycles. The van der Waals surface area contributed by atoms with Gasteiger partial charge in [0.25, 0.3) is 5.91 Å². The average molecular weight is 487 g/mol.